The van der Waals surface area contributed by atoms with Crippen LogP contribution in [0.3, 0.4) is 0 Å². The van der Waals surface area contributed by atoms with Crippen molar-refractivity contribution in [2.75, 3.05) is 18.0 Å². The lowest BCUT2D eigenvalue weighted by molar-refractivity contribution is 0.574. The van der Waals surface area contributed by atoms with Gasteiger partial charge in [0.15, 0.2) is 0 Å². The maximum Gasteiger partial charge on any atom is 0.347 e. The van der Waals surface area contributed by atoms with Gasteiger partial charge in [0.2, 0.25) is 0 Å². The third-order valence-electron chi connectivity index (χ3n) is 4.72. The van der Waals surface area contributed by atoms with Crippen LogP contribution in [-0.2, 0) is 0 Å². The first-order valence-electron chi connectivity index (χ1n) is 8.57. The van der Waals surface area contributed by atoms with Crippen molar-refractivity contribution in [2.24, 2.45) is 0 Å². The fourth-order valence-corrected chi connectivity index (χ4v) is 3.49. The summed E-state index contributed by atoms with van der Waals surface area (Å²) >= 11 is 0. The van der Waals surface area contributed by atoms with Crippen LogP contribution in [0, 0.1) is 6.92 Å². The fraction of sp³-hybridized carbons (Fsp3) is 0.300. The number of rotatable bonds is 2. The lowest BCUT2D eigenvalue weighted by Gasteiger charge is -2.28. The Hall–Kier alpha value is -2.62. The second-order valence-electron chi connectivity index (χ2n) is 6.54. The van der Waals surface area contributed by atoms with E-state index in [0.717, 1.165) is 48.2 Å². The topological polar surface area (TPSA) is 49.0 Å². The Morgan fingerprint density at radius 2 is 1.79 bits per heavy atom. The number of aryl methyl sites for hydroxylation is 1. The quantitative estimate of drug-likeness (QED) is 0.779. The third-order valence-corrected chi connectivity index (χ3v) is 4.72. The fourth-order valence-electron chi connectivity index (χ4n) is 3.49. The van der Waals surface area contributed by atoms with Crippen LogP contribution in [-0.4, -0.2) is 23.1 Å². The molecule has 2 aromatic carbocycles. The molecule has 0 aliphatic carbocycles. The van der Waals surface area contributed by atoms with E-state index < -0.39 is 0 Å². The largest absolute Gasteiger partial charge is 0.356 e. The van der Waals surface area contributed by atoms with Crippen LogP contribution in [0.25, 0.3) is 22.0 Å². The van der Waals surface area contributed by atoms with Crippen molar-refractivity contribution >= 4 is 16.7 Å². The van der Waals surface area contributed by atoms with Gasteiger partial charge in [0.05, 0.1) is 5.52 Å². The molecule has 0 unspecified atom stereocenters. The number of nitrogens with zero attached hydrogens (tertiary/aromatic N) is 2. The number of nitrogens with one attached hydrogen (secondary N) is 1. The minimum Gasteiger partial charge on any atom is -0.356 e. The van der Waals surface area contributed by atoms with Gasteiger partial charge in [-0.25, -0.2) is 4.79 Å². The molecule has 1 aliphatic rings. The highest BCUT2D eigenvalue weighted by atomic mass is 16.1. The molecule has 0 spiro atoms. The van der Waals surface area contributed by atoms with E-state index >= 15 is 0 Å². The molecular weight excluding hydrogens is 298 g/mol. The van der Waals surface area contributed by atoms with E-state index in [-0.39, 0.29) is 5.69 Å². The highest BCUT2D eigenvalue weighted by Crippen LogP contribution is 2.29. The predicted octanol–water partition coefficient (Wildman–Crippen LogP) is 3.89. The Morgan fingerprint density at radius 3 is 2.58 bits per heavy atom. The van der Waals surface area contributed by atoms with E-state index in [1.165, 1.54) is 17.5 Å². The Balaban J connectivity index is 1.88. The molecule has 1 fully saturated rings. The van der Waals surface area contributed by atoms with Crippen LogP contribution >= 0.6 is 0 Å². The lowest BCUT2D eigenvalue weighted by Crippen LogP contribution is -2.32. The minimum atomic E-state index is -0.272. The first-order chi connectivity index (χ1) is 11.7. The number of benzene rings is 2. The maximum atomic E-state index is 12.0. The number of aromatic nitrogens is 2. The molecule has 0 atom stereocenters. The molecule has 0 saturated carbocycles. The zero-order chi connectivity index (χ0) is 16.5. The van der Waals surface area contributed by atoms with Gasteiger partial charge in [-0.05, 0) is 49.4 Å². The van der Waals surface area contributed by atoms with E-state index in [2.05, 4.69) is 58.2 Å². The number of hydrogen-bond donors (Lipinski definition) is 1. The number of piperidine rings is 1. The summed E-state index contributed by atoms with van der Waals surface area (Å²) < 4.78 is 0. The summed E-state index contributed by atoms with van der Waals surface area (Å²) in [6.45, 7) is 4.04. The molecule has 3 aromatic rings. The molecule has 1 N–H and O–H groups in total. The third kappa shape index (κ3) is 2.80. The maximum absolute atomic E-state index is 12.0. The molecule has 0 bridgehead atoms. The molecular formula is C20H21N3O. The summed E-state index contributed by atoms with van der Waals surface area (Å²) in [5.41, 5.74) is 4.16. The lowest BCUT2D eigenvalue weighted by atomic mass is 10.0. The van der Waals surface area contributed by atoms with E-state index in [0.29, 0.717) is 0 Å². The number of anilines is 1. The highest BCUT2D eigenvalue weighted by Gasteiger charge is 2.16. The zero-order valence-corrected chi connectivity index (χ0v) is 13.9. The number of fused-ring (bicyclic) bond motifs is 1. The molecule has 4 heteroatoms. The van der Waals surface area contributed by atoms with Gasteiger partial charge in [0.1, 0.15) is 5.82 Å². The zero-order valence-electron chi connectivity index (χ0n) is 13.9. The van der Waals surface area contributed by atoms with E-state index in [1.54, 1.807) is 0 Å². The minimum absolute atomic E-state index is 0.272. The Kier molecular flexibility index (Phi) is 3.81. The second-order valence-corrected chi connectivity index (χ2v) is 6.54. The van der Waals surface area contributed by atoms with Gasteiger partial charge < -0.3 is 9.88 Å². The molecule has 122 valence electrons. The van der Waals surface area contributed by atoms with Crippen molar-refractivity contribution < 1.29 is 0 Å². The van der Waals surface area contributed by atoms with Crippen molar-refractivity contribution in [3.8, 4) is 11.1 Å². The number of H-pyrrole nitrogens is 1. The van der Waals surface area contributed by atoms with Crippen LogP contribution in [0.2, 0.25) is 0 Å². The Labute approximate surface area is 141 Å². The van der Waals surface area contributed by atoms with Gasteiger partial charge in [-0.3, -0.25) is 0 Å². The van der Waals surface area contributed by atoms with Gasteiger partial charge in [-0.1, -0.05) is 35.9 Å². The molecule has 2 heterocycles. The normalized spacial score (nSPS) is 15.0. The van der Waals surface area contributed by atoms with Crippen molar-refractivity contribution in [3.05, 3.63) is 58.5 Å². The standard InChI is InChI=1S/C20H21N3O/c1-14-6-5-7-15(12-14)16-8-9-18-17(13-16)19(22-20(24)21-18)23-10-3-2-4-11-23/h5-9,12-13H,2-4,10-11H2,1H3,(H,21,22,24). The van der Waals surface area contributed by atoms with Gasteiger partial charge in [-0.15, -0.1) is 0 Å². The molecule has 4 rings (SSSR count). The molecule has 0 amide bonds. The van der Waals surface area contributed by atoms with Gasteiger partial charge in [0.25, 0.3) is 0 Å². The van der Waals surface area contributed by atoms with Crippen LogP contribution < -0.4 is 10.6 Å². The van der Waals surface area contributed by atoms with Crippen molar-refractivity contribution in [1.82, 2.24) is 9.97 Å². The molecule has 1 aromatic heterocycles. The number of aromatic amines is 1. The van der Waals surface area contributed by atoms with Gasteiger partial charge in [0, 0.05) is 18.5 Å². The van der Waals surface area contributed by atoms with Crippen molar-refractivity contribution in [1.29, 1.82) is 0 Å². The second kappa shape index (κ2) is 6.11. The molecule has 1 aliphatic heterocycles. The summed E-state index contributed by atoms with van der Waals surface area (Å²) in [6.07, 6.45) is 3.58. The van der Waals surface area contributed by atoms with Crippen molar-refractivity contribution in [3.63, 3.8) is 0 Å². The monoisotopic (exact) mass is 319 g/mol. The molecule has 0 radical (unpaired) electrons. The van der Waals surface area contributed by atoms with Crippen LogP contribution in [0.15, 0.2) is 47.3 Å². The van der Waals surface area contributed by atoms with Crippen molar-refractivity contribution in [2.45, 2.75) is 26.2 Å². The van der Waals surface area contributed by atoms with E-state index in [4.69, 9.17) is 0 Å². The Bertz CT molecular complexity index is 939. The summed E-state index contributed by atoms with van der Waals surface area (Å²) in [7, 11) is 0. The van der Waals surface area contributed by atoms with Gasteiger partial charge >= 0.3 is 5.69 Å². The average Bonchev–Trinajstić information content (AvgIpc) is 2.61. The van der Waals surface area contributed by atoms with Crippen LogP contribution in [0.1, 0.15) is 24.8 Å². The highest BCUT2D eigenvalue weighted by molar-refractivity contribution is 5.93. The Morgan fingerprint density at radius 1 is 1.00 bits per heavy atom. The molecule has 24 heavy (non-hydrogen) atoms. The smallest absolute Gasteiger partial charge is 0.347 e. The van der Waals surface area contributed by atoms with E-state index in [9.17, 15) is 4.79 Å². The first kappa shape index (κ1) is 14.9. The summed E-state index contributed by atoms with van der Waals surface area (Å²) in [5.74, 6) is 0.822. The molecule has 4 nitrogen and oxygen atoms in total. The van der Waals surface area contributed by atoms with E-state index in [1.807, 2.05) is 6.07 Å². The summed E-state index contributed by atoms with van der Waals surface area (Å²) in [6, 6.07) is 14.7. The first-order valence-corrected chi connectivity index (χ1v) is 8.57. The van der Waals surface area contributed by atoms with Gasteiger partial charge in [-0.2, -0.15) is 4.98 Å². The summed E-state index contributed by atoms with van der Waals surface area (Å²) in [5, 5.41) is 1.02. The average molecular weight is 319 g/mol. The van der Waals surface area contributed by atoms with Crippen LogP contribution in [0.4, 0.5) is 5.82 Å². The number of hydrogen-bond acceptors (Lipinski definition) is 3. The SMILES string of the molecule is Cc1cccc(-c2ccc3[nH]c(=O)nc(N4CCCCC4)c3c2)c1. The summed E-state index contributed by atoms with van der Waals surface area (Å²) in [4.78, 5) is 21.4. The molecule has 1 saturated heterocycles. The van der Waals surface area contributed by atoms with Crippen LogP contribution in [0.5, 0.6) is 0 Å². The predicted molar refractivity (Wildman–Crippen MR) is 98.6 cm³/mol.